The first-order valence-electron chi connectivity index (χ1n) is 5.25. The Labute approximate surface area is 97.0 Å². The zero-order valence-electron chi connectivity index (χ0n) is 10.4. The fourth-order valence-corrected chi connectivity index (χ4v) is 2.61. The number of carbonyl (C=O) groups excluding carboxylic acids is 1. The van der Waals surface area contributed by atoms with Gasteiger partial charge in [0.15, 0.2) is 0 Å². The van der Waals surface area contributed by atoms with Gasteiger partial charge in [0, 0.05) is 11.5 Å². The van der Waals surface area contributed by atoms with Crippen LogP contribution >= 0.6 is 0 Å². The molecule has 0 aliphatic carbocycles. The van der Waals surface area contributed by atoms with E-state index in [1.807, 2.05) is 20.8 Å². The molecule has 0 unspecified atom stereocenters. The van der Waals surface area contributed by atoms with Gasteiger partial charge in [-0.25, -0.2) is 4.79 Å². The Balaban J connectivity index is 2.98. The quantitative estimate of drug-likeness (QED) is 0.761. The third-order valence-electron chi connectivity index (χ3n) is 1.97. The number of ether oxygens (including phenoxy) is 1. The van der Waals surface area contributed by atoms with Crippen LogP contribution in [0.4, 0.5) is 4.79 Å². The largest absolute Gasteiger partial charge is 0.443 e. The van der Waals surface area contributed by atoms with E-state index in [9.17, 15) is 9.59 Å². The molecular weight excluding hydrogens is 222 g/mol. The van der Waals surface area contributed by atoms with E-state index < -0.39 is 20.0 Å². The van der Waals surface area contributed by atoms with Crippen LogP contribution in [0.25, 0.3) is 0 Å². The molecule has 0 spiro atoms. The Hall–Kier alpha value is -1.07. The van der Waals surface area contributed by atoms with Crippen LogP contribution in [-0.4, -0.2) is 29.4 Å². The minimum absolute atomic E-state index is 0.442. The van der Waals surface area contributed by atoms with Gasteiger partial charge in [-0.15, -0.1) is 0 Å². The van der Waals surface area contributed by atoms with E-state index in [2.05, 4.69) is 0 Å². The first-order valence-corrected chi connectivity index (χ1v) is 8.19. The Morgan fingerprint density at radius 3 is 2.44 bits per heavy atom. The Bertz CT molecular complexity index is 385. The van der Waals surface area contributed by atoms with Gasteiger partial charge in [-0.1, -0.05) is 0 Å². The minimum atomic E-state index is -2.50. The summed E-state index contributed by atoms with van der Waals surface area (Å²) in [5.41, 5.74) is -0.528. The van der Waals surface area contributed by atoms with Gasteiger partial charge in [-0.05, 0) is 46.0 Å². The molecule has 0 aliphatic heterocycles. The SMILES string of the molecule is CC(C)(C)OC(=O)n1cccc1[Si](C)(C)O. The van der Waals surface area contributed by atoms with E-state index in [1.165, 1.54) is 4.57 Å². The fourth-order valence-electron chi connectivity index (χ4n) is 1.35. The highest BCUT2D eigenvalue weighted by Gasteiger charge is 2.28. The molecule has 0 saturated heterocycles. The average Bonchev–Trinajstić information content (AvgIpc) is 2.45. The maximum atomic E-state index is 11.8. The molecule has 0 aliphatic rings. The van der Waals surface area contributed by atoms with Gasteiger partial charge < -0.3 is 9.53 Å². The maximum absolute atomic E-state index is 11.8. The van der Waals surface area contributed by atoms with Gasteiger partial charge in [0.25, 0.3) is 0 Å². The zero-order chi connectivity index (χ0) is 12.6. The molecule has 1 aromatic heterocycles. The Morgan fingerprint density at radius 2 is 2.00 bits per heavy atom. The normalized spacial score (nSPS) is 12.6. The third-order valence-corrected chi connectivity index (χ3v) is 3.63. The number of carbonyl (C=O) groups is 1. The molecule has 4 nitrogen and oxygen atoms in total. The zero-order valence-corrected chi connectivity index (χ0v) is 11.4. The number of hydrogen-bond acceptors (Lipinski definition) is 3. The summed E-state index contributed by atoms with van der Waals surface area (Å²) in [5.74, 6) is 0. The van der Waals surface area contributed by atoms with Gasteiger partial charge in [0.1, 0.15) is 5.60 Å². The molecule has 0 amide bonds. The van der Waals surface area contributed by atoms with Crippen LogP contribution in [0.1, 0.15) is 20.8 Å². The van der Waals surface area contributed by atoms with Crippen molar-refractivity contribution in [3.63, 3.8) is 0 Å². The van der Waals surface area contributed by atoms with E-state index >= 15 is 0 Å². The van der Waals surface area contributed by atoms with Crippen molar-refractivity contribution in [1.82, 2.24) is 4.57 Å². The topological polar surface area (TPSA) is 51.5 Å². The molecule has 0 aromatic carbocycles. The van der Waals surface area contributed by atoms with Crippen molar-refractivity contribution < 1.29 is 14.3 Å². The predicted octanol–water partition coefficient (Wildman–Crippen LogP) is 1.68. The predicted molar refractivity (Wildman–Crippen MR) is 65.4 cm³/mol. The number of rotatable bonds is 1. The lowest BCUT2D eigenvalue weighted by atomic mass is 10.2. The molecule has 0 fully saturated rings. The van der Waals surface area contributed by atoms with Crippen LogP contribution in [0.5, 0.6) is 0 Å². The Morgan fingerprint density at radius 1 is 1.44 bits per heavy atom. The monoisotopic (exact) mass is 241 g/mol. The van der Waals surface area contributed by atoms with Crippen molar-refractivity contribution in [2.75, 3.05) is 0 Å². The van der Waals surface area contributed by atoms with Crippen LogP contribution < -0.4 is 5.32 Å². The highest BCUT2D eigenvalue weighted by molar-refractivity contribution is 6.82. The summed E-state index contributed by atoms with van der Waals surface area (Å²) >= 11 is 0. The molecule has 16 heavy (non-hydrogen) atoms. The molecule has 1 rings (SSSR count). The highest BCUT2D eigenvalue weighted by Crippen LogP contribution is 2.09. The third kappa shape index (κ3) is 3.21. The smallest absolute Gasteiger partial charge is 0.418 e. The van der Waals surface area contributed by atoms with Crippen LogP contribution in [-0.2, 0) is 4.74 Å². The molecule has 1 heterocycles. The first kappa shape index (κ1) is 13.0. The second-order valence-corrected chi connectivity index (χ2v) is 8.93. The number of nitrogens with zero attached hydrogens (tertiary/aromatic N) is 1. The summed E-state index contributed by atoms with van der Waals surface area (Å²) in [6, 6.07) is 3.50. The molecule has 5 heteroatoms. The van der Waals surface area contributed by atoms with E-state index in [-0.39, 0.29) is 0 Å². The van der Waals surface area contributed by atoms with Crippen molar-refractivity contribution in [1.29, 1.82) is 0 Å². The van der Waals surface area contributed by atoms with Crippen molar-refractivity contribution >= 4 is 19.7 Å². The molecular formula is C11H19NO3Si. The van der Waals surface area contributed by atoms with Crippen molar-refractivity contribution in [3.05, 3.63) is 18.3 Å². The van der Waals surface area contributed by atoms with E-state index in [0.717, 1.165) is 0 Å². The molecule has 0 saturated carbocycles. The van der Waals surface area contributed by atoms with Gasteiger partial charge in [0.05, 0.1) is 0 Å². The van der Waals surface area contributed by atoms with Crippen molar-refractivity contribution in [3.8, 4) is 0 Å². The Kier molecular flexibility index (Phi) is 3.30. The lowest BCUT2D eigenvalue weighted by Crippen LogP contribution is -2.48. The lowest BCUT2D eigenvalue weighted by molar-refractivity contribution is 0.0541. The van der Waals surface area contributed by atoms with Crippen LogP contribution in [0.2, 0.25) is 13.1 Å². The summed E-state index contributed by atoms with van der Waals surface area (Å²) < 4.78 is 6.64. The van der Waals surface area contributed by atoms with E-state index in [4.69, 9.17) is 4.74 Å². The van der Waals surface area contributed by atoms with Gasteiger partial charge in [0.2, 0.25) is 8.32 Å². The minimum Gasteiger partial charge on any atom is -0.443 e. The first-order chi connectivity index (χ1) is 7.11. The number of aromatic nitrogens is 1. The molecule has 0 radical (unpaired) electrons. The summed E-state index contributed by atoms with van der Waals surface area (Å²) in [6.45, 7) is 8.98. The van der Waals surface area contributed by atoms with Crippen LogP contribution in [0.3, 0.4) is 0 Å². The second kappa shape index (κ2) is 4.07. The molecule has 0 bridgehead atoms. The molecule has 0 atom stereocenters. The molecule has 1 aromatic rings. The maximum Gasteiger partial charge on any atom is 0.418 e. The summed E-state index contributed by atoms with van der Waals surface area (Å²) in [4.78, 5) is 21.9. The van der Waals surface area contributed by atoms with E-state index in [1.54, 1.807) is 31.4 Å². The van der Waals surface area contributed by atoms with Crippen molar-refractivity contribution in [2.45, 2.75) is 39.5 Å². The van der Waals surface area contributed by atoms with Gasteiger partial charge in [-0.2, -0.15) is 0 Å². The second-order valence-electron chi connectivity index (χ2n) is 5.30. The summed E-state index contributed by atoms with van der Waals surface area (Å²) in [5, 5.41) is 0.654. The number of hydrogen-bond donors (Lipinski definition) is 1. The average molecular weight is 241 g/mol. The molecule has 1 N–H and O–H groups in total. The summed E-state index contributed by atoms with van der Waals surface area (Å²) in [7, 11) is -2.50. The standard InChI is InChI=1S/C11H19NO3Si/c1-11(2,3)15-10(13)12-8-6-7-9(12)16(4,5)14/h6-8,14H,1-5H3. The van der Waals surface area contributed by atoms with Gasteiger partial charge in [-0.3, -0.25) is 4.57 Å². The van der Waals surface area contributed by atoms with Gasteiger partial charge >= 0.3 is 6.09 Å². The van der Waals surface area contributed by atoms with Crippen molar-refractivity contribution in [2.24, 2.45) is 0 Å². The highest BCUT2D eigenvalue weighted by atomic mass is 28.4. The fraction of sp³-hybridized carbons (Fsp3) is 0.545. The van der Waals surface area contributed by atoms with Crippen LogP contribution in [0.15, 0.2) is 18.3 Å². The van der Waals surface area contributed by atoms with E-state index in [0.29, 0.717) is 5.32 Å². The van der Waals surface area contributed by atoms with Crippen LogP contribution in [0, 0.1) is 0 Å². The molecule has 90 valence electrons. The lowest BCUT2D eigenvalue weighted by Gasteiger charge is -2.22. The summed E-state index contributed by atoms with van der Waals surface area (Å²) in [6.07, 6.45) is 1.18.